The topological polar surface area (TPSA) is 143 Å². The molecule has 0 bridgehead atoms. The van der Waals surface area contributed by atoms with Crippen molar-refractivity contribution < 1.29 is 44.2 Å². The van der Waals surface area contributed by atoms with E-state index in [1.807, 2.05) is 24.3 Å². The van der Waals surface area contributed by atoms with Crippen LogP contribution < -0.4 is 0 Å². The second kappa shape index (κ2) is 14.0. The highest BCUT2D eigenvalue weighted by molar-refractivity contribution is 5.66. The van der Waals surface area contributed by atoms with Crippen molar-refractivity contribution in [2.45, 2.75) is 26.1 Å². The second-order valence-electron chi connectivity index (χ2n) is 6.46. The summed E-state index contributed by atoms with van der Waals surface area (Å²) in [6.07, 6.45) is -1.52. The third-order valence-corrected chi connectivity index (χ3v) is 3.75. The molecule has 2 atom stereocenters. The zero-order chi connectivity index (χ0) is 23.2. The van der Waals surface area contributed by atoms with Gasteiger partial charge in [-0.3, -0.25) is 9.59 Å². The van der Waals surface area contributed by atoms with Crippen LogP contribution in [0.4, 0.5) is 0 Å². The van der Waals surface area contributed by atoms with Crippen molar-refractivity contribution in [2.24, 2.45) is 0 Å². The monoisotopic (exact) mass is 436 g/mol. The smallest absolute Gasteiger partial charge is 0.303 e. The number of hydrogen-bond donors (Lipinski definition) is 4. The molecular formula is C22H28O9. The molecule has 31 heavy (non-hydrogen) atoms. The number of hydrogen-bond acceptors (Lipinski definition) is 9. The van der Waals surface area contributed by atoms with Crippen molar-refractivity contribution in [3.8, 4) is 22.6 Å². The standard InChI is InChI=1S/C12H10O2.C10H18O7/c13-11-5-1-9(2-6-11)10-3-7-12(14)8-4-10;1-7(13)16-9(3-11)5-15-6-10(4-12)17-8(2)14/h1-8,13-14H;9-12H,3-6H2,1-2H3. The molecule has 0 aliphatic carbocycles. The molecule has 2 unspecified atom stereocenters. The van der Waals surface area contributed by atoms with Gasteiger partial charge < -0.3 is 34.6 Å². The highest BCUT2D eigenvalue weighted by Crippen LogP contribution is 2.23. The first-order chi connectivity index (χ1) is 14.7. The van der Waals surface area contributed by atoms with Gasteiger partial charge in [-0.25, -0.2) is 0 Å². The molecule has 2 aromatic carbocycles. The molecule has 9 heteroatoms. The van der Waals surface area contributed by atoms with Crippen LogP contribution in [0.1, 0.15) is 13.8 Å². The van der Waals surface area contributed by atoms with Crippen molar-refractivity contribution in [1.82, 2.24) is 0 Å². The largest absolute Gasteiger partial charge is 0.508 e. The van der Waals surface area contributed by atoms with Crippen LogP contribution in [0.5, 0.6) is 11.5 Å². The van der Waals surface area contributed by atoms with Gasteiger partial charge in [-0.05, 0) is 35.4 Å². The Kier molecular flexibility index (Phi) is 11.7. The van der Waals surface area contributed by atoms with E-state index in [2.05, 4.69) is 0 Å². The Morgan fingerprint density at radius 1 is 0.710 bits per heavy atom. The Labute approximate surface area is 180 Å². The SMILES string of the molecule is CC(=O)OC(CO)COCC(CO)OC(C)=O.Oc1ccc(-c2ccc(O)cc2)cc1. The predicted octanol–water partition coefficient (Wildman–Crippen LogP) is 1.62. The van der Waals surface area contributed by atoms with E-state index in [-0.39, 0.29) is 37.9 Å². The van der Waals surface area contributed by atoms with E-state index in [1.54, 1.807) is 24.3 Å². The zero-order valence-corrected chi connectivity index (χ0v) is 17.4. The lowest BCUT2D eigenvalue weighted by Crippen LogP contribution is -2.31. The number of aliphatic hydroxyl groups excluding tert-OH is 2. The molecule has 0 spiro atoms. The molecule has 9 nitrogen and oxygen atoms in total. The van der Waals surface area contributed by atoms with Gasteiger partial charge >= 0.3 is 11.9 Å². The van der Waals surface area contributed by atoms with Crippen molar-refractivity contribution >= 4 is 11.9 Å². The van der Waals surface area contributed by atoms with E-state index in [1.165, 1.54) is 13.8 Å². The van der Waals surface area contributed by atoms with Gasteiger partial charge in [0, 0.05) is 13.8 Å². The molecular weight excluding hydrogens is 408 g/mol. The molecule has 0 heterocycles. The van der Waals surface area contributed by atoms with Crippen LogP contribution in [0.2, 0.25) is 0 Å². The van der Waals surface area contributed by atoms with E-state index < -0.39 is 24.1 Å². The first-order valence-corrected chi connectivity index (χ1v) is 9.47. The summed E-state index contributed by atoms with van der Waals surface area (Å²) in [6.45, 7) is 1.64. The minimum Gasteiger partial charge on any atom is -0.508 e. The van der Waals surface area contributed by atoms with E-state index in [0.717, 1.165) is 11.1 Å². The van der Waals surface area contributed by atoms with E-state index in [4.69, 9.17) is 34.6 Å². The zero-order valence-electron chi connectivity index (χ0n) is 17.4. The minimum absolute atomic E-state index is 0.0339. The number of carbonyl (C=O) groups excluding carboxylic acids is 2. The maximum absolute atomic E-state index is 10.6. The fourth-order valence-electron chi connectivity index (χ4n) is 2.36. The normalized spacial score (nSPS) is 12.1. The van der Waals surface area contributed by atoms with Gasteiger partial charge in [0.2, 0.25) is 0 Å². The summed E-state index contributed by atoms with van der Waals surface area (Å²) in [5.41, 5.74) is 2.03. The van der Waals surface area contributed by atoms with Gasteiger partial charge in [-0.1, -0.05) is 24.3 Å². The van der Waals surface area contributed by atoms with Gasteiger partial charge in [-0.15, -0.1) is 0 Å². The number of carbonyl (C=O) groups is 2. The van der Waals surface area contributed by atoms with Crippen LogP contribution in [0.25, 0.3) is 11.1 Å². The van der Waals surface area contributed by atoms with Gasteiger partial charge in [0.15, 0.2) is 0 Å². The van der Waals surface area contributed by atoms with Crippen LogP contribution >= 0.6 is 0 Å². The number of benzene rings is 2. The van der Waals surface area contributed by atoms with Crippen molar-refractivity contribution in [2.75, 3.05) is 26.4 Å². The van der Waals surface area contributed by atoms with Crippen LogP contribution in [0.15, 0.2) is 48.5 Å². The number of phenolic OH excluding ortho intramolecular Hbond substituents is 2. The second-order valence-corrected chi connectivity index (χ2v) is 6.46. The molecule has 170 valence electrons. The summed E-state index contributed by atoms with van der Waals surface area (Å²) in [7, 11) is 0. The lowest BCUT2D eigenvalue weighted by Gasteiger charge is -2.17. The Hall–Kier alpha value is -3.14. The molecule has 4 N–H and O–H groups in total. The Morgan fingerprint density at radius 2 is 1.03 bits per heavy atom. The van der Waals surface area contributed by atoms with E-state index >= 15 is 0 Å². The fourth-order valence-corrected chi connectivity index (χ4v) is 2.36. The number of esters is 2. The molecule has 0 aliphatic heterocycles. The summed E-state index contributed by atoms with van der Waals surface area (Å²) in [5.74, 6) is -0.530. The molecule has 0 saturated heterocycles. The molecule has 0 aliphatic rings. The number of aliphatic hydroxyl groups is 2. The number of phenols is 2. The Balaban J connectivity index is 0.000000314. The van der Waals surface area contributed by atoms with Gasteiger partial charge in [0.05, 0.1) is 26.4 Å². The van der Waals surface area contributed by atoms with E-state index in [9.17, 15) is 9.59 Å². The Bertz CT molecular complexity index is 720. The van der Waals surface area contributed by atoms with Gasteiger partial charge in [0.1, 0.15) is 23.7 Å². The average Bonchev–Trinajstić information content (AvgIpc) is 2.73. The van der Waals surface area contributed by atoms with Crippen molar-refractivity contribution in [3.63, 3.8) is 0 Å². The maximum atomic E-state index is 10.6. The third kappa shape index (κ3) is 11.0. The molecule has 0 fully saturated rings. The van der Waals surface area contributed by atoms with E-state index in [0.29, 0.717) is 0 Å². The van der Waals surface area contributed by atoms with Gasteiger partial charge in [-0.2, -0.15) is 0 Å². The first kappa shape index (κ1) is 25.9. The maximum Gasteiger partial charge on any atom is 0.303 e. The predicted molar refractivity (Wildman–Crippen MR) is 111 cm³/mol. The van der Waals surface area contributed by atoms with Crippen LogP contribution in [-0.2, 0) is 23.8 Å². The minimum atomic E-state index is -0.760. The quantitative estimate of drug-likeness (QED) is 0.431. The number of rotatable bonds is 9. The molecule has 0 radical (unpaired) electrons. The average molecular weight is 436 g/mol. The Morgan fingerprint density at radius 3 is 1.29 bits per heavy atom. The van der Waals surface area contributed by atoms with Crippen LogP contribution in [0, 0.1) is 0 Å². The molecule has 0 amide bonds. The summed E-state index contributed by atoms with van der Waals surface area (Å²) >= 11 is 0. The summed E-state index contributed by atoms with van der Waals surface area (Å²) in [6, 6.07) is 13.9. The lowest BCUT2D eigenvalue weighted by atomic mass is 10.1. The number of aromatic hydroxyl groups is 2. The van der Waals surface area contributed by atoms with Crippen molar-refractivity contribution in [3.05, 3.63) is 48.5 Å². The third-order valence-electron chi connectivity index (χ3n) is 3.75. The van der Waals surface area contributed by atoms with Gasteiger partial charge in [0.25, 0.3) is 0 Å². The lowest BCUT2D eigenvalue weighted by molar-refractivity contribution is -0.157. The highest BCUT2D eigenvalue weighted by Gasteiger charge is 2.15. The summed E-state index contributed by atoms with van der Waals surface area (Å²) < 4.78 is 14.5. The molecule has 0 saturated carbocycles. The fraction of sp³-hybridized carbons (Fsp3) is 0.364. The summed E-state index contributed by atoms with van der Waals surface area (Å²) in [5, 5.41) is 35.9. The molecule has 0 aromatic heterocycles. The van der Waals surface area contributed by atoms with Crippen LogP contribution in [-0.4, -0.2) is 71.0 Å². The van der Waals surface area contributed by atoms with Crippen molar-refractivity contribution in [1.29, 1.82) is 0 Å². The molecule has 2 aromatic rings. The molecule has 2 rings (SSSR count). The number of ether oxygens (including phenoxy) is 3. The van der Waals surface area contributed by atoms with Crippen LogP contribution in [0.3, 0.4) is 0 Å². The highest BCUT2D eigenvalue weighted by atomic mass is 16.6. The summed E-state index contributed by atoms with van der Waals surface area (Å²) in [4.78, 5) is 21.2. The first-order valence-electron chi connectivity index (χ1n) is 9.47.